The number of hydrogen-bond acceptors (Lipinski definition) is 5. The van der Waals surface area contributed by atoms with Gasteiger partial charge < -0.3 is 14.6 Å². The standard InChI is InChI=1S/C12H22O5/c1-6-16-9(13)8-12(15,11(3,4)5)10(14)17-7-2/h15H,6-8H2,1-5H3. The summed E-state index contributed by atoms with van der Waals surface area (Å²) in [4.78, 5) is 23.2. The van der Waals surface area contributed by atoms with Crippen molar-refractivity contribution in [3.8, 4) is 0 Å². The summed E-state index contributed by atoms with van der Waals surface area (Å²) in [5.41, 5.74) is -2.68. The zero-order valence-electron chi connectivity index (χ0n) is 11.2. The Morgan fingerprint density at radius 1 is 1.06 bits per heavy atom. The first-order valence-electron chi connectivity index (χ1n) is 5.74. The van der Waals surface area contributed by atoms with Crippen molar-refractivity contribution in [1.82, 2.24) is 0 Å². The first-order valence-corrected chi connectivity index (χ1v) is 5.74. The van der Waals surface area contributed by atoms with Crippen LogP contribution in [0, 0.1) is 5.41 Å². The van der Waals surface area contributed by atoms with Crippen LogP contribution >= 0.6 is 0 Å². The highest BCUT2D eigenvalue weighted by atomic mass is 16.6. The fourth-order valence-electron chi connectivity index (χ4n) is 1.31. The Morgan fingerprint density at radius 2 is 1.53 bits per heavy atom. The third kappa shape index (κ3) is 4.00. The zero-order chi connectivity index (χ0) is 13.7. The molecule has 1 N–H and O–H groups in total. The van der Waals surface area contributed by atoms with Gasteiger partial charge in [-0.15, -0.1) is 0 Å². The van der Waals surface area contributed by atoms with E-state index in [0.29, 0.717) is 0 Å². The van der Waals surface area contributed by atoms with Crippen LogP contribution in [0.5, 0.6) is 0 Å². The monoisotopic (exact) mass is 246 g/mol. The lowest BCUT2D eigenvalue weighted by atomic mass is 9.74. The van der Waals surface area contributed by atoms with Gasteiger partial charge in [0.1, 0.15) is 0 Å². The molecule has 0 saturated carbocycles. The second-order valence-electron chi connectivity index (χ2n) is 4.81. The molecule has 0 heterocycles. The Kier molecular flexibility index (Phi) is 5.61. The van der Waals surface area contributed by atoms with Crippen LogP contribution in [0.25, 0.3) is 0 Å². The summed E-state index contributed by atoms with van der Waals surface area (Å²) in [6.45, 7) is 8.68. The van der Waals surface area contributed by atoms with Crippen molar-refractivity contribution in [2.45, 2.75) is 46.6 Å². The zero-order valence-corrected chi connectivity index (χ0v) is 11.2. The molecule has 0 amide bonds. The number of ether oxygens (including phenoxy) is 2. The van der Waals surface area contributed by atoms with Gasteiger partial charge in [0, 0.05) is 5.41 Å². The van der Waals surface area contributed by atoms with Crippen molar-refractivity contribution in [3.63, 3.8) is 0 Å². The third-order valence-electron chi connectivity index (χ3n) is 2.56. The van der Waals surface area contributed by atoms with E-state index in [1.807, 2.05) is 0 Å². The highest BCUT2D eigenvalue weighted by Crippen LogP contribution is 2.34. The molecule has 0 aliphatic heterocycles. The van der Waals surface area contributed by atoms with Gasteiger partial charge >= 0.3 is 11.9 Å². The molecule has 1 unspecified atom stereocenters. The second kappa shape index (κ2) is 6.00. The van der Waals surface area contributed by atoms with Gasteiger partial charge in [-0.05, 0) is 13.8 Å². The Bertz CT molecular complexity index is 279. The van der Waals surface area contributed by atoms with E-state index < -0.39 is 29.4 Å². The fraction of sp³-hybridized carbons (Fsp3) is 0.833. The number of hydrogen-bond donors (Lipinski definition) is 1. The molecular formula is C12H22O5. The van der Waals surface area contributed by atoms with Gasteiger partial charge in [0.15, 0.2) is 5.60 Å². The topological polar surface area (TPSA) is 72.8 Å². The van der Waals surface area contributed by atoms with Crippen LogP contribution in [0.2, 0.25) is 0 Å². The highest BCUT2D eigenvalue weighted by molar-refractivity contribution is 5.86. The lowest BCUT2D eigenvalue weighted by Crippen LogP contribution is -2.52. The number of esters is 2. The molecule has 0 rings (SSSR count). The summed E-state index contributed by atoms with van der Waals surface area (Å²) in [5, 5.41) is 10.4. The molecule has 0 saturated heterocycles. The SMILES string of the molecule is CCOC(=O)CC(O)(C(=O)OCC)C(C)(C)C. The Labute approximate surface area is 102 Å². The molecule has 5 nitrogen and oxygen atoms in total. The van der Waals surface area contributed by atoms with Gasteiger partial charge in [0.2, 0.25) is 0 Å². The molecule has 100 valence electrons. The molecule has 0 aromatic heterocycles. The van der Waals surface area contributed by atoms with Crippen LogP contribution in [0.4, 0.5) is 0 Å². The number of aliphatic hydroxyl groups is 1. The van der Waals surface area contributed by atoms with Gasteiger partial charge in [-0.25, -0.2) is 4.79 Å². The van der Waals surface area contributed by atoms with Crippen molar-refractivity contribution in [3.05, 3.63) is 0 Å². The largest absolute Gasteiger partial charge is 0.466 e. The van der Waals surface area contributed by atoms with Gasteiger partial charge in [-0.2, -0.15) is 0 Å². The number of rotatable bonds is 5. The molecule has 1 atom stereocenters. The average molecular weight is 246 g/mol. The van der Waals surface area contributed by atoms with E-state index in [1.54, 1.807) is 34.6 Å². The Hall–Kier alpha value is -1.10. The summed E-state index contributed by atoms with van der Waals surface area (Å²) >= 11 is 0. The second-order valence-corrected chi connectivity index (χ2v) is 4.81. The summed E-state index contributed by atoms with van der Waals surface area (Å²) in [6, 6.07) is 0. The van der Waals surface area contributed by atoms with E-state index in [0.717, 1.165) is 0 Å². The summed E-state index contributed by atoms with van der Waals surface area (Å²) in [5.74, 6) is -1.40. The summed E-state index contributed by atoms with van der Waals surface area (Å²) < 4.78 is 9.57. The van der Waals surface area contributed by atoms with Crippen LogP contribution in [0.15, 0.2) is 0 Å². The van der Waals surface area contributed by atoms with Crippen molar-refractivity contribution < 1.29 is 24.2 Å². The van der Waals surface area contributed by atoms with Gasteiger partial charge in [-0.1, -0.05) is 20.8 Å². The quantitative estimate of drug-likeness (QED) is 0.740. The minimum atomic E-state index is -1.87. The van der Waals surface area contributed by atoms with E-state index in [1.165, 1.54) is 0 Å². The molecule has 0 fully saturated rings. The Balaban J connectivity index is 4.99. The molecule has 0 aromatic rings. The normalized spacial score (nSPS) is 14.9. The number of carbonyl (C=O) groups excluding carboxylic acids is 2. The Morgan fingerprint density at radius 3 is 1.88 bits per heavy atom. The van der Waals surface area contributed by atoms with Crippen molar-refractivity contribution in [1.29, 1.82) is 0 Å². The smallest absolute Gasteiger partial charge is 0.339 e. The first-order chi connectivity index (χ1) is 7.69. The van der Waals surface area contributed by atoms with E-state index in [-0.39, 0.29) is 13.2 Å². The predicted octanol–water partition coefficient (Wildman–Crippen LogP) is 1.28. The van der Waals surface area contributed by atoms with Crippen molar-refractivity contribution in [2.24, 2.45) is 5.41 Å². The molecule has 17 heavy (non-hydrogen) atoms. The summed E-state index contributed by atoms with van der Waals surface area (Å²) in [7, 11) is 0. The maximum Gasteiger partial charge on any atom is 0.339 e. The lowest BCUT2D eigenvalue weighted by molar-refractivity contribution is -0.184. The van der Waals surface area contributed by atoms with Crippen molar-refractivity contribution >= 4 is 11.9 Å². The van der Waals surface area contributed by atoms with E-state index in [2.05, 4.69) is 0 Å². The van der Waals surface area contributed by atoms with Gasteiger partial charge in [0.05, 0.1) is 19.6 Å². The minimum absolute atomic E-state index is 0.153. The molecule has 0 aromatic carbocycles. The molecule has 0 bridgehead atoms. The maximum absolute atomic E-state index is 11.8. The molecule has 0 aliphatic carbocycles. The minimum Gasteiger partial charge on any atom is -0.466 e. The molecule has 0 spiro atoms. The van der Waals surface area contributed by atoms with Gasteiger partial charge in [-0.3, -0.25) is 4.79 Å². The van der Waals surface area contributed by atoms with E-state index >= 15 is 0 Å². The van der Waals surface area contributed by atoms with Crippen LogP contribution in [-0.4, -0.2) is 35.9 Å². The molecule has 0 aliphatic rings. The van der Waals surface area contributed by atoms with Crippen LogP contribution in [-0.2, 0) is 19.1 Å². The molecular weight excluding hydrogens is 224 g/mol. The van der Waals surface area contributed by atoms with Crippen LogP contribution in [0.3, 0.4) is 0 Å². The van der Waals surface area contributed by atoms with Gasteiger partial charge in [0.25, 0.3) is 0 Å². The molecule has 5 heteroatoms. The maximum atomic E-state index is 11.8. The van der Waals surface area contributed by atoms with E-state index in [4.69, 9.17) is 9.47 Å². The lowest BCUT2D eigenvalue weighted by Gasteiger charge is -2.36. The third-order valence-corrected chi connectivity index (χ3v) is 2.56. The van der Waals surface area contributed by atoms with Crippen LogP contribution in [0.1, 0.15) is 41.0 Å². The first kappa shape index (κ1) is 15.9. The highest BCUT2D eigenvalue weighted by Gasteiger charge is 2.50. The molecule has 0 radical (unpaired) electrons. The summed E-state index contributed by atoms with van der Waals surface area (Å²) in [6.07, 6.45) is -0.400. The number of carbonyl (C=O) groups is 2. The predicted molar refractivity (Wildman–Crippen MR) is 62.3 cm³/mol. The average Bonchev–Trinajstić information content (AvgIpc) is 2.16. The fourth-order valence-corrected chi connectivity index (χ4v) is 1.31. The van der Waals surface area contributed by atoms with Crippen LogP contribution < -0.4 is 0 Å². The van der Waals surface area contributed by atoms with Crippen molar-refractivity contribution in [2.75, 3.05) is 13.2 Å². The van der Waals surface area contributed by atoms with E-state index in [9.17, 15) is 14.7 Å².